The van der Waals surface area contributed by atoms with Gasteiger partial charge in [-0.15, -0.1) is 0 Å². The molecule has 0 aromatic heterocycles. The van der Waals surface area contributed by atoms with E-state index in [2.05, 4.69) is 38.5 Å². The zero-order chi connectivity index (χ0) is 25.3. The van der Waals surface area contributed by atoms with E-state index in [1.54, 1.807) is 12.2 Å². The van der Waals surface area contributed by atoms with Crippen LogP contribution in [-0.4, -0.2) is 59.6 Å². The summed E-state index contributed by atoms with van der Waals surface area (Å²) in [4.78, 5) is 49.8. The molecule has 4 amide bonds. The highest BCUT2D eigenvalue weighted by molar-refractivity contribution is 9.11. The Morgan fingerprint density at radius 3 is 2.80 bits per heavy atom. The van der Waals surface area contributed by atoms with Gasteiger partial charge in [-0.1, -0.05) is 18.7 Å². The van der Waals surface area contributed by atoms with Crippen molar-refractivity contribution >= 4 is 39.6 Å². The number of carbonyl (C=O) groups is 4. The Bertz CT molecular complexity index is 1120. The van der Waals surface area contributed by atoms with Crippen LogP contribution in [0.5, 0.6) is 0 Å². The Balaban J connectivity index is 1.30. The standard InChI is InChI=1S/C24H25BrF2N4O4/c1-13(5-6-14-9-10-31(22(14)34)18-7-8-19(32)30-21(18)33)12-28-23(35)24(26,27)20-15-3-2-4-17(29-20)16(25)11-15/h5-6,9,11,18,20,29H,1-4,7-8,10,12H2,(H,28,35)(H,30,32,33)/b6-5-. The molecule has 8 nitrogen and oxygen atoms in total. The largest absolute Gasteiger partial charge is 0.375 e. The third-order valence-electron chi connectivity index (χ3n) is 6.42. The topological polar surface area (TPSA) is 108 Å². The lowest BCUT2D eigenvalue weighted by Gasteiger charge is -2.31. The van der Waals surface area contributed by atoms with Gasteiger partial charge in [-0.2, -0.15) is 8.78 Å². The predicted octanol–water partition coefficient (Wildman–Crippen LogP) is 2.11. The van der Waals surface area contributed by atoms with Gasteiger partial charge in [0, 0.05) is 35.3 Å². The molecular weight excluding hydrogens is 526 g/mol. The van der Waals surface area contributed by atoms with E-state index in [-0.39, 0.29) is 37.7 Å². The highest BCUT2D eigenvalue weighted by atomic mass is 79.9. The fraction of sp³-hybridized carbons (Fsp3) is 0.417. The summed E-state index contributed by atoms with van der Waals surface area (Å²) >= 11 is 3.37. The second-order valence-electron chi connectivity index (χ2n) is 8.86. The number of fused-ring (bicyclic) bond motifs is 4. The number of hydrogen-bond acceptors (Lipinski definition) is 5. The number of hydrogen-bond donors (Lipinski definition) is 3. The van der Waals surface area contributed by atoms with Crippen LogP contribution in [0.2, 0.25) is 0 Å². The van der Waals surface area contributed by atoms with Crippen LogP contribution in [0, 0.1) is 0 Å². The number of carbonyl (C=O) groups excluding carboxylic acids is 4. The number of nitrogens with one attached hydrogen (secondary N) is 3. The van der Waals surface area contributed by atoms with Crippen molar-refractivity contribution in [3.63, 3.8) is 0 Å². The van der Waals surface area contributed by atoms with E-state index in [0.29, 0.717) is 35.3 Å². The predicted molar refractivity (Wildman–Crippen MR) is 127 cm³/mol. The maximum absolute atomic E-state index is 15.0. The summed E-state index contributed by atoms with van der Waals surface area (Å²) in [6.07, 6.45) is 8.50. The minimum absolute atomic E-state index is 0.162. The van der Waals surface area contributed by atoms with Crippen molar-refractivity contribution in [1.29, 1.82) is 0 Å². The van der Waals surface area contributed by atoms with Crippen LogP contribution in [0.15, 0.2) is 57.8 Å². The Hall–Kier alpha value is -3.08. The molecule has 0 aromatic carbocycles. The third-order valence-corrected chi connectivity index (χ3v) is 7.13. The molecule has 0 saturated carbocycles. The summed E-state index contributed by atoms with van der Waals surface area (Å²) in [7, 11) is 0. The lowest BCUT2D eigenvalue weighted by Crippen LogP contribution is -2.55. The minimum Gasteiger partial charge on any atom is -0.375 e. The number of amides is 4. The minimum atomic E-state index is -3.66. The quantitative estimate of drug-likeness (QED) is 0.332. The molecule has 0 radical (unpaired) electrons. The van der Waals surface area contributed by atoms with Gasteiger partial charge in [0.2, 0.25) is 11.8 Å². The molecule has 0 spiro atoms. The van der Waals surface area contributed by atoms with Crippen molar-refractivity contribution in [2.45, 2.75) is 50.1 Å². The second-order valence-corrected chi connectivity index (χ2v) is 9.71. The molecular formula is C24H25BrF2N4O4. The maximum Gasteiger partial charge on any atom is 0.347 e. The molecule has 0 aromatic rings. The number of allylic oxidation sites excluding steroid dienone is 3. The number of alkyl halides is 2. The van der Waals surface area contributed by atoms with Gasteiger partial charge in [-0.05, 0) is 64.9 Å². The van der Waals surface area contributed by atoms with E-state index in [1.807, 2.05) is 0 Å². The van der Waals surface area contributed by atoms with Crippen LogP contribution >= 0.6 is 15.9 Å². The summed E-state index contributed by atoms with van der Waals surface area (Å²) in [5.74, 6) is -6.31. The van der Waals surface area contributed by atoms with Crippen molar-refractivity contribution in [1.82, 2.24) is 20.9 Å². The summed E-state index contributed by atoms with van der Waals surface area (Å²) in [6.45, 7) is 3.76. The van der Waals surface area contributed by atoms with Crippen LogP contribution in [0.4, 0.5) is 8.78 Å². The number of halogens is 3. The average Bonchev–Trinajstić information content (AvgIpc) is 2.95. The number of dihydropyridines is 1. The molecule has 4 heterocycles. The number of piperidine rings is 1. The number of rotatable bonds is 7. The van der Waals surface area contributed by atoms with Gasteiger partial charge in [0.05, 0.1) is 0 Å². The van der Waals surface area contributed by atoms with Crippen molar-refractivity contribution in [2.75, 3.05) is 13.1 Å². The second kappa shape index (κ2) is 9.88. The molecule has 3 N–H and O–H groups in total. The normalized spacial score (nSPS) is 24.8. The molecule has 186 valence electrons. The van der Waals surface area contributed by atoms with Crippen molar-refractivity contribution in [2.24, 2.45) is 0 Å². The van der Waals surface area contributed by atoms with Gasteiger partial charge in [0.15, 0.2) is 0 Å². The van der Waals surface area contributed by atoms with E-state index in [0.717, 1.165) is 10.9 Å². The van der Waals surface area contributed by atoms with Gasteiger partial charge < -0.3 is 15.5 Å². The van der Waals surface area contributed by atoms with Crippen LogP contribution in [-0.2, 0) is 19.2 Å². The van der Waals surface area contributed by atoms with Crippen LogP contribution in [0.25, 0.3) is 0 Å². The molecule has 2 atom stereocenters. The van der Waals surface area contributed by atoms with Crippen molar-refractivity contribution < 1.29 is 28.0 Å². The average molecular weight is 551 g/mol. The van der Waals surface area contributed by atoms with Gasteiger partial charge in [0.1, 0.15) is 12.1 Å². The molecule has 2 bridgehead atoms. The van der Waals surface area contributed by atoms with Gasteiger partial charge in [-0.25, -0.2) is 0 Å². The molecule has 5 aliphatic rings. The van der Waals surface area contributed by atoms with Crippen molar-refractivity contribution in [3.8, 4) is 0 Å². The molecule has 1 aliphatic carbocycles. The van der Waals surface area contributed by atoms with E-state index >= 15 is 0 Å². The summed E-state index contributed by atoms with van der Waals surface area (Å²) in [5, 5.41) is 7.26. The van der Waals surface area contributed by atoms with Gasteiger partial charge >= 0.3 is 5.92 Å². The third kappa shape index (κ3) is 5.14. The molecule has 2 fully saturated rings. The van der Waals surface area contributed by atoms with Crippen molar-refractivity contribution in [3.05, 3.63) is 57.8 Å². The van der Waals surface area contributed by atoms with E-state index in [9.17, 15) is 28.0 Å². The Morgan fingerprint density at radius 1 is 1.29 bits per heavy atom. The number of imide groups is 1. The summed E-state index contributed by atoms with van der Waals surface area (Å²) in [6, 6.07) is -2.11. The Kier molecular flexibility index (Phi) is 7.07. The smallest absolute Gasteiger partial charge is 0.347 e. The molecule has 11 heteroatoms. The Labute approximate surface area is 209 Å². The molecule has 2 unspecified atom stereocenters. The fourth-order valence-electron chi connectivity index (χ4n) is 4.50. The first-order valence-electron chi connectivity index (χ1n) is 11.3. The van der Waals surface area contributed by atoms with Gasteiger partial charge in [0.25, 0.3) is 11.8 Å². The molecule has 2 saturated heterocycles. The zero-order valence-corrected chi connectivity index (χ0v) is 20.4. The van der Waals surface area contributed by atoms with Gasteiger partial charge in [-0.3, -0.25) is 24.5 Å². The van der Waals surface area contributed by atoms with Crippen LogP contribution in [0.3, 0.4) is 0 Å². The monoisotopic (exact) mass is 550 g/mol. The molecule has 35 heavy (non-hydrogen) atoms. The first-order chi connectivity index (χ1) is 16.6. The fourth-order valence-corrected chi connectivity index (χ4v) is 5.11. The van der Waals surface area contributed by atoms with E-state index in [4.69, 9.17) is 0 Å². The zero-order valence-electron chi connectivity index (χ0n) is 18.8. The van der Waals surface area contributed by atoms with E-state index < -0.39 is 29.8 Å². The SMILES string of the molecule is C=C(/C=C\C1=CCN(C2CCC(=O)NC2=O)C1=O)CNC(=O)C(F)(F)C1NC2=C(Br)C=C1CCC2. The summed E-state index contributed by atoms with van der Waals surface area (Å²) < 4.78 is 30.7. The lowest BCUT2D eigenvalue weighted by molar-refractivity contribution is -0.148. The molecule has 5 rings (SSSR count). The van der Waals surface area contributed by atoms with Crippen LogP contribution < -0.4 is 16.0 Å². The summed E-state index contributed by atoms with van der Waals surface area (Å²) in [5.41, 5.74) is 1.78. The van der Waals surface area contributed by atoms with E-state index in [1.165, 1.54) is 17.1 Å². The maximum atomic E-state index is 15.0. The van der Waals surface area contributed by atoms with Crippen LogP contribution in [0.1, 0.15) is 32.1 Å². The Morgan fingerprint density at radius 2 is 2.06 bits per heavy atom. The first-order valence-corrected chi connectivity index (χ1v) is 12.1. The molecule has 4 aliphatic heterocycles. The lowest BCUT2D eigenvalue weighted by atomic mass is 9.95. The highest BCUT2D eigenvalue weighted by Gasteiger charge is 2.50. The number of nitrogens with zero attached hydrogens (tertiary/aromatic N) is 1. The highest BCUT2D eigenvalue weighted by Crippen LogP contribution is 2.38. The first kappa shape index (κ1) is 25.0.